The van der Waals surface area contributed by atoms with Gasteiger partial charge in [0.2, 0.25) is 0 Å². The summed E-state index contributed by atoms with van der Waals surface area (Å²) in [7, 11) is -4.83. The molecule has 0 heterocycles. The van der Waals surface area contributed by atoms with Gasteiger partial charge in [0.25, 0.3) is 0 Å². The number of rotatable bonds is 0. The Labute approximate surface area is 89.4 Å². The molecule has 0 atom stereocenters. The Bertz CT molecular complexity index is 26.5. The van der Waals surface area contributed by atoms with Crippen molar-refractivity contribution in [2.75, 3.05) is 0 Å². The molecule has 48 valence electrons. The van der Waals surface area contributed by atoms with E-state index in [1.54, 1.807) is 0 Å². The van der Waals surface area contributed by atoms with Crippen LogP contribution in [0.5, 0.6) is 0 Å². The third-order valence-electron chi connectivity index (χ3n) is 0. The molecular weight excluding hydrogens is 205 g/mol. The zero-order chi connectivity index (χ0) is 7.15. The first-order valence-electron chi connectivity index (χ1n) is 1.50. The molecule has 0 fully saturated rings. The van der Waals surface area contributed by atoms with Crippen LogP contribution in [-0.4, -0.2) is 80.2 Å². The van der Waals surface area contributed by atoms with Crippen molar-refractivity contribution in [3.8, 4) is 0 Å². The number of hydrogen-bond donors (Lipinski definition) is 4. The van der Waals surface area contributed by atoms with Crippen LogP contribution >= 0.6 is 0 Å². The van der Waals surface area contributed by atoms with Gasteiger partial charge in [-0.1, -0.05) is 0 Å². The third-order valence-corrected chi connectivity index (χ3v) is 0. The Morgan fingerprint density at radius 1 is 0.889 bits per heavy atom. The van der Waals surface area contributed by atoms with Crippen molar-refractivity contribution in [1.82, 2.24) is 0 Å². The standard InChI is InChI=1S/BH3O3.BHO3.Sr/c2*2-1(3)4;/h2-4H;2H;/q;-2;+2. The van der Waals surface area contributed by atoms with E-state index in [1.807, 2.05) is 0 Å². The van der Waals surface area contributed by atoms with E-state index in [0.29, 0.717) is 0 Å². The van der Waals surface area contributed by atoms with Crippen LogP contribution in [0.1, 0.15) is 0 Å². The summed E-state index contributed by atoms with van der Waals surface area (Å²) in [4.78, 5) is 0. The summed E-state index contributed by atoms with van der Waals surface area (Å²) in [6, 6.07) is 0. The minimum absolute atomic E-state index is 0. The van der Waals surface area contributed by atoms with Gasteiger partial charge in [-0.3, -0.25) is 0 Å². The van der Waals surface area contributed by atoms with Crippen LogP contribution in [0.3, 0.4) is 0 Å². The van der Waals surface area contributed by atoms with Gasteiger partial charge < -0.3 is 30.1 Å². The molecule has 0 saturated carbocycles. The van der Waals surface area contributed by atoms with Gasteiger partial charge in [0.15, 0.2) is 0 Å². The van der Waals surface area contributed by atoms with Crippen LogP contribution in [0, 0.1) is 0 Å². The van der Waals surface area contributed by atoms with Crippen LogP contribution < -0.4 is 10.0 Å². The summed E-state index contributed by atoms with van der Waals surface area (Å²) in [6.07, 6.45) is 0. The molecule has 6 nitrogen and oxygen atoms in total. The normalized spacial score (nSPS) is 6.00. The van der Waals surface area contributed by atoms with Crippen LogP contribution in [0.2, 0.25) is 0 Å². The van der Waals surface area contributed by atoms with Crippen molar-refractivity contribution in [1.29, 1.82) is 0 Å². The molecule has 0 radical (unpaired) electrons. The Balaban J connectivity index is -0.0000000720. The van der Waals surface area contributed by atoms with Crippen molar-refractivity contribution in [2.45, 2.75) is 0 Å². The Morgan fingerprint density at radius 3 is 0.889 bits per heavy atom. The van der Waals surface area contributed by atoms with E-state index in [-0.39, 0.29) is 45.5 Å². The predicted molar refractivity (Wildman–Crippen MR) is 26.1 cm³/mol. The molecular formula is H4B2O6Sr. The number of hydrogen-bond acceptors (Lipinski definition) is 6. The Morgan fingerprint density at radius 2 is 0.889 bits per heavy atom. The fourth-order valence-electron chi connectivity index (χ4n) is 0. The second-order valence-corrected chi connectivity index (χ2v) is 0.653. The van der Waals surface area contributed by atoms with E-state index in [9.17, 15) is 0 Å². The maximum Gasteiger partial charge on any atom is 2.00 e. The second-order valence-electron chi connectivity index (χ2n) is 0.653. The van der Waals surface area contributed by atoms with E-state index >= 15 is 0 Å². The first-order chi connectivity index (χ1) is 3.46. The van der Waals surface area contributed by atoms with Crippen molar-refractivity contribution < 1.29 is 30.1 Å². The largest absolute Gasteiger partial charge is 2.00 e. The molecule has 9 heteroatoms. The van der Waals surface area contributed by atoms with Gasteiger partial charge in [-0.25, -0.2) is 0 Å². The van der Waals surface area contributed by atoms with Gasteiger partial charge in [0, 0.05) is 0 Å². The predicted octanol–water partition coefficient (Wildman–Crippen LogP) is -5.75. The van der Waals surface area contributed by atoms with Crippen LogP contribution in [0.25, 0.3) is 0 Å². The Kier molecular flexibility index (Phi) is 22.5. The van der Waals surface area contributed by atoms with Crippen molar-refractivity contribution in [2.24, 2.45) is 0 Å². The van der Waals surface area contributed by atoms with Gasteiger partial charge in [0.05, 0.1) is 7.32 Å². The smallest absolute Gasteiger partial charge is 0.871 e. The fraction of sp³-hybridized carbons (Fsp3) is 0. The molecule has 9 heavy (non-hydrogen) atoms. The monoisotopic (exact) mass is 210 g/mol. The minimum Gasteiger partial charge on any atom is -0.871 e. The minimum atomic E-state index is -2.67. The van der Waals surface area contributed by atoms with Crippen LogP contribution in [0.15, 0.2) is 0 Å². The molecule has 0 bridgehead atoms. The van der Waals surface area contributed by atoms with Gasteiger partial charge in [0.1, 0.15) is 0 Å². The zero-order valence-corrected chi connectivity index (χ0v) is 7.94. The SMILES string of the molecule is OB(O)O.[O-]B([O-])O.[Sr+2]. The maximum atomic E-state index is 8.53. The molecule has 0 spiro atoms. The van der Waals surface area contributed by atoms with Crippen molar-refractivity contribution in [3.63, 3.8) is 0 Å². The van der Waals surface area contributed by atoms with Crippen molar-refractivity contribution >= 4 is 60.1 Å². The van der Waals surface area contributed by atoms with Crippen LogP contribution in [0.4, 0.5) is 0 Å². The van der Waals surface area contributed by atoms with E-state index in [2.05, 4.69) is 0 Å². The van der Waals surface area contributed by atoms with Gasteiger partial charge in [-0.2, -0.15) is 0 Å². The average molecular weight is 209 g/mol. The quantitative estimate of drug-likeness (QED) is 0.294. The molecule has 0 amide bonds. The van der Waals surface area contributed by atoms with E-state index in [1.165, 1.54) is 0 Å². The molecule has 0 aromatic rings. The van der Waals surface area contributed by atoms with E-state index in [4.69, 9.17) is 30.1 Å². The van der Waals surface area contributed by atoms with Gasteiger partial charge >= 0.3 is 52.8 Å². The Hall–Kier alpha value is 1.37. The third kappa shape index (κ3) is 271. The summed E-state index contributed by atoms with van der Waals surface area (Å²) in [5.74, 6) is 0. The molecule has 0 unspecified atom stereocenters. The summed E-state index contributed by atoms with van der Waals surface area (Å²) in [5.41, 5.74) is 0. The fourth-order valence-corrected chi connectivity index (χ4v) is 0. The van der Waals surface area contributed by atoms with Gasteiger partial charge in [-0.15, -0.1) is 0 Å². The summed E-state index contributed by atoms with van der Waals surface area (Å²) >= 11 is 0. The molecule has 0 rings (SSSR count). The van der Waals surface area contributed by atoms with E-state index < -0.39 is 14.6 Å². The van der Waals surface area contributed by atoms with Gasteiger partial charge in [-0.05, 0) is 0 Å². The molecule has 4 N–H and O–H groups in total. The second kappa shape index (κ2) is 12.1. The van der Waals surface area contributed by atoms with Crippen molar-refractivity contribution in [3.05, 3.63) is 0 Å². The summed E-state index contributed by atoms with van der Waals surface area (Å²) < 4.78 is 0. The molecule has 0 aromatic heterocycles. The molecule has 0 aliphatic heterocycles. The molecule has 0 aliphatic rings. The molecule has 0 saturated heterocycles. The molecule has 0 aromatic carbocycles. The molecule has 0 aliphatic carbocycles. The van der Waals surface area contributed by atoms with Crippen LogP contribution in [-0.2, 0) is 0 Å². The maximum absolute atomic E-state index is 8.53. The first-order valence-corrected chi connectivity index (χ1v) is 1.50. The zero-order valence-electron chi connectivity index (χ0n) is 4.47. The summed E-state index contributed by atoms with van der Waals surface area (Å²) in [6.45, 7) is 0. The summed E-state index contributed by atoms with van der Waals surface area (Å²) in [5, 5.41) is 45.5. The first kappa shape index (κ1) is 16.8. The van der Waals surface area contributed by atoms with E-state index in [0.717, 1.165) is 0 Å². The average Bonchev–Trinajstić information content (AvgIpc) is 1.25. The topological polar surface area (TPSA) is 127 Å².